The predicted molar refractivity (Wildman–Crippen MR) is 83.9 cm³/mol. The van der Waals surface area contributed by atoms with Crippen LogP contribution in [0.5, 0.6) is 5.75 Å². The fraction of sp³-hybridized carbons (Fsp3) is 0.294. The minimum atomic E-state index is -0.671. The number of hydrogen-bond acceptors (Lipinski definition) is 3. The molecule has 0 amide bonds. The van der Waals surface area contributed by atoms with Crippen molar-refractivity contribution in [2.75, 3.05) is 20.3 Å². The van der Waals surface area contributed by atoms with Crippen LogP contribution in [0.15, 0.2) is 48.5 Å². The van der Waals surface area contributed by atoms with Crippen LogP contribution in [0, 0.1) is 0 Å². The van der Waals surface area contributed by atoms with Gasteiger partial charge >= 0.3 is 0 Å². The normalized spacial score (nSPS) is 12.1. The minimum Gasteiger partial charge on any atom is -0.491 e. The largest absolute Gasteiger partial charge is 0.491 e. The number of rotatable bonds is 7. The second-order valence-corrected chi connectivity index (χ2v) is 5.20. The molecule has 112 valence electrons. The molecule has 2 rings (SSSR count). The van der Waals surface area contributed by atoms with Gasteiger partial charge in [0.2, 0.25) is 0 Å². The molecule has 0 aromatic heterocycles. The molecular weight excluding hydrogens is 288 g/mol. The maximum atomic E-state index is 10.1. The first kappa shape index (κ1) is 15.8. The van der Waals surface area contributed by atoms with E-state index in [-0.39, 0.29) is 6.61 Å². The van der Waals surface area contributed by atoms with E-state index in [4.69, 9.17) is 21.1 Å². The Bertz CT molecular complexity index is 537. The summed E-state index contributed by atoms with van der Waals surface area (Å²) < 4.78 is 10.6. The van der Waals surface area contributed by atoms with Gasteiger partial charge in [-0.05, 0) is 41.8 Å². The van der Waals surface area contributed by atoms with E-state index in [1.807, 2.05) is 24.3 Å². The molecule has 1 unspecified atom stereocenters. The summed E-state index contributed by atoms with van der Waals surface area (Å²) in [6, 6.07) is 14.9. The summed E-state index contributed by atoms with van der Waals surface area (Å²) in [5.41, 5.74) is 1.98. The van der Waals surface area contributed by atoms with Crippen LogP contribution in [0.4, 0.5) is 0 Å². The van der Waals surface area contributed by atoms with Gasteiger partial charge < -0.3 is 14.6 Å². The molecule has 21 heavy (non-hydrogen) atoms. The summed E-state index contributed by atoms with van der Waals surface area (Å²) in [7, 11) is 1.69. The van der Waals surface area contributed by atoms with Crippen molar-refractivity contribution in [1.29, 1.82) is 0 Å². The molecule has 4 heteroatoms. The summed E-state index contributed by atoms with van der Waals surface area (Å²) in [6.45, 7) is 0.911. The van der Waals surface area contributed by atoms with Crippen molar-refractivity contribution in [1.82, 2.24) is 0 Å². The van der Waals surface area contributed by atoms with Crippen molar-refractivity contribution in [2.45, 2.75) is 12.5 Å². The number of aliphatic hydroxyl groups is 1. The molecule has 0 saturated carbocycles. The van der Waals surface area contributed by atoms with E-state index >= 15 is 0 Å². The van der Waals surface area contributed by atoms with E-state index in [2.05, 4.69) is 0 Å². The molecule has 0 aliphatic rings. The van der Waals surface area contributed by atoms with E-state index in [0.717, 1.165) is 17.7 Å². The highest BCUT2D eigenvalue weighted by Gasteiger charge is 2.08. The highest BCUT2D eigenvalue weighted by Crippen LogP contribution is 2.19. The van der Waals surface area contributed by atoms with Crippen LogP contribution in [0.1, 0.15) is 17.2 Å². The Morgan fingerprint density at radius 3 is 2.33 bits per heavy atom. The van der Waals surface area contributed by atoms with E-state index in [1.54, 1.807) is 31.4 Å². The third-order valence-electron chi connectivity index (χ3n) is 3.18. The summed E-state index contributed by atoms with van der Waals surface area (Å²) in [5, 5.41) is 10.7. The Morgan fingerprint density at radius 1 is 1.05 bits per heavy atom. The van der Waals surface area contributed by atoms with Gasteiger partial charge in [0.1, 0.15) is 18.5 Å². The molecule has 0 radical (unpaired) electrons. The number of ether oxygens (including phenoxy) is 2. The zero-order valence-corrected chi connectivity index (χ0v) is 12.7. The Morgan fingerprint density at radius 2 is 1.71 bits per heavy atom. The summed E-state index contributed by atoms with van der Waals surface area (Å²) in [4.78, 5) is 0. The van der Waals surface area contributed by atoms with Crippen molar-refractivity contribution < 1.29 is 14.6 Å². The van der Waals surface area contributed by atoms with Gasteiger partial charge in [0.05, 0.1) is 6.61 Å². The smallest absolute Gasteiger partial charge is 0.119 e. The average Bonchev–Trinajstić information content (AvgIpc) is 2.52. The highest BCUT2D eigenvalue weighted by molar-refractivity contribution is 6.30. The van der Waals surface area contributed by atoms with Crippen LogP contribution >= 0.6 is 11.6 Å². The first-order valence-corrected chi connectivity index (χ1v) is 7.21. The molecule has 0 aliphatic carbocycles. The molecule has 3 nitrogen and oxygen atoms in total. The minimum absolute atomic E-state index is 0.207. The zero-order valence-electron chi connectivity index (χ0n) is 12.0. The number of benzene rings is 2. The van der Waals surface area contributed by atoms with E-state index < -0.39 is 6.10 Å². The number of aliphatic hydroxyl groups excluding tert-OH is 1. The van der Waals surface area contributed by atoms with E-state index in [0.29, 0.717) is 11.6 Å². The second kappa shape index (κ2) is 8.03. The van der Waals surface area contributed by atoms with Gasteiger partial charge in [-0.2, -0.15) is 0 Å². The molecule has 2 aromatic rings. The number of methoxy groups -OCH3 is 1. The molecular formula is C17H19ClO3. The lowest BCUT2D eigenvalue weighted by atomic mass is 10.1. The average molecular weight is 307 g/mol. The van der Waals surface area contributed by atoms with Gasteiger partial charge in [0.25, 0.3) is 0 Å². The summed E-state index contributed by atoms with van der Waals surface area (Å²) >= 11 is 5.82. The molecule has 1 N–H and O–H groups in total. The molecule has 0 saturated heterocycles. The van der Waals surface area contributed by atoms with Crippen molar-refractivity contribution in [3.8, 4) is 5.75 Å². The van der Waals surface area contributed by atoms with Crippen LogP contribution in [-0.2, 0) is 11.2 Å². The Balaban J connectivity index is 1.86. The van der Waals surface area contributed by atoms with Crippen molar-refractivity contribution in [3.63, 3.8) is 0 Å². The maximum Gasteiger partial charge on any atom is 0.119 e. The zero-order chi connectivity index (χ0) is 15.1. The fourth-order valence-electron chi connectivity index (χ4n) is 1.93. The molecule has 0 heterocycles. The molecule has 0 bridgehead atoms. The van der Waals surface area contributed by atoms with Gasteiger partial charge in [-0.3, -0.25) is 0 Å². The van der Waals surface area contributed by atoms with Crippen molar-refractivity contribution >= 4 is 11.6 Å². The van der Waals surface area contributed by atoms with Gasteiger partial charge in [0.15, 0.2) is 0 Å². The van der Waals surface area contributed by atoms with Crippen LogP contribution in [0.2, 0.25) is 5.02 Å². The van der Waals surface area contributed by atoms with Gasteiger partial charge in [-0.1, -0.05) is 35.9 Å². The lowest BCUT2D eigenvalue weighted by Gasteiger charge is -2.13. The standard InChI is InChI=1S/C17H19ClO3/c1-20-11-10-13-2-8-16(9-3-13)21-12-17(19)14-4-6-15(18)7-5-14/h2-9,17,19H,10-12H2,1H3. The molecule has 2 aromatic carbocycles. The Labute approximate surface area is 130 Å². The van der Waals surface area contributed by atoms with Crippen LogP contribution < -0.4 is 4.74 Å². The summed E-state index contributed by atoms with van der Waals surface area (Å²) in [5.74, 6) is 0.740. The molecule has 0 spiro atoms. The predicted octanol–water partition coefficient (Wildman–Crippen LogP) is 3.64. The van der Waals surface area contributed by atoms with E-state index in [9.17, 15) is 5.11 Å². The van der Waals surface area contributed by atoms with E-state index in [1.165, 1.54) is 5.56 Å². The number of halogens is 1. The Hall–Kier alpha value is -1.55. The molecule has 0 fully saturated rings. The number of hydrogen-bond donors (Lipinski definition) is 1. The van der Waals surface area contributed by atoms with Crippen molar-refractivity contribution in [2.24, 2.45) is 0 Å². The van der Waals surface area contributed by atoms with Crippen LogP contribution in [-0.4, -0.2) is 25.4 Å². The van der Waals surface area contributed by atoms with Crippen LogP contribution in [0.25, 0.3) is 0 Å². The SMILES string of the molecule is COCCc1ccc(OCC(O)c2ccc(Cl)cc2)cc1. The maximum absolute atomic E-state index is 10.1. The van der Waals surface area contributed by atoms with Crippen LogP contribution in [0.3, 0.4) is 0 Å². The van der Waals surface area contributed by atoms with Gasteiger partial charge in [-0.15, -0.1) is 0 Å². The lowest BCUT2D eigenvalue weighted by molar-refractivity contribution is 0.108. The third kappa shape index (κ3) is 5.05. The lowest BCUT2D eigenvalue weighted by Crippen LogP contribution is -2.09. The quantitative estimate of drug-likeness (QED) is 0.849. The fourth-order valence-corrected chi connectivity index (χ4v) is 2.05. The first-order valence-electron chi connectivity index (χ1n) is 6.83. The Kier molecular flexibility index (Phi) is 6.05. The van der Waals surface area contributed by atoms with Gasteiger partial charge in [-0.25, -0.2) is 0 Å². The summed E-state index contributed by atoms with van der Waals surface area (Å²) in [6.07, 6.45) is 0.208. The first-order chi connectivity index (χ1) is 10.2. The van der Waals surface area contributed by atoms with Crippen molar-refractivity contribution in [3.05, 3.63) is 64.7 Å². The third-order valence-corrected chi connectivity index (χ3v) is 3.43. The second-order valence-electron chi connectivity index (χ2n) is 4.77. The highest BCUT2D eigenvalue weighted by atomic mass is 35.5. The monoisotopic (exact) mass is 306 g/mol. The molecule has 0 aliphatic heterocycles. The topological polar surface area (TPSA) is 38.7 Å². The van der Waals surface area contributed by atoms with Gasteiger partial charge in [0, 0.05) is 12.1 Å². The molecule has 1 atom stereocenters.